The number of nitrogens with zero attached hydrogens (tertiary/aromatic N) is 2. The first kappa shape index (κ1) is 17.0. The predicted molar refractivity (Wildman–Crippen MR) is 98.7 cm³/mol. The van der Waals surface area contributed by atoms with E-state index in [4.69, 9.17) is 5.73 Å². The zero-order valence-electron chi connectivity index (χ0n) is 14.1. The van der Waals surface area contributed by atoms with Crippen LogP contribution in [0.3, 0.4) is 0 Å². The van der Waals surface area contributed by atoms with Crippen molar-refractivity contribution >= 4 is 17.8 Å². The molecule has 1 aromatic heterocycles. The summed E-state index contributed by atoms with van der Waals surface area (Å²) in [7, 11) is 4.04. The Kier molecular flexibility index (Phi) is 5.77. The summed E-state index contributed by atoms with van der Waals surface area (Å²) >= 11 is 0. The summed E-state index contributed by atoms with van der Waals surface area (Å²) in [5.41, 5.74) is 9.05. The van der Waals surface area contributed by atoms with Crippen molar-refractivity contribution in [2.75, 3.05) is 19.0 Å². The van der Waals surface area contributed by atoms with Crippen LogP contribution in [0.15, 0.2) is 47.4 Å². The van der Waals surface area contributed by atoms with Crippen molar-refractivity contribution in [2.45, 2.75) is 25.9 Å². The summed E-state index contributed by atoms with van der Waals surface area (Å²) in [6, 6.07) is 11.9. The molecule has 1 aromatic carbocycles. The van der Waals surface area contributed by atoms with Crippen LogP contribution in [0.25, 0.3) is 12.2 Å². The Morgan fingerprint density at radius 3 is 2.35 bits per heavy atom. The summed E-state index contributed by atoms with van der Waals surface area (Å²) in [5.74, 6) is 0. The fourth-order valence-electron chi connectivity index (χ4n) is 2.24. The van der Waals surface area contributed by atoms with E-state index in [1.807, 2.05) is 45.4 Å². The van der Waals surface area contributed by atoms with Gasteiger partial charge in [-0.3, -0.25) is 4.79 Å². The van der Waals surface area contributed by atoms with Crippen LogP contribution in [0.2, 0.25) is 0 Å². The maximum Gasteiger partial charge on any atom is 0.251 e. The predicted octanol–water partition coefficient (Wildman–Crippen LogP) is 2.82. The second kappa shape index (κ2) is 7.79. The third-order valence-corrected chi connectivity index (χ3v) is 3.85. The van der Waals surface area contributed by atoms with Gasteiger partial charge in [-0.25, -0.2) is 0 Å². The van der Waals surface area contributed by atoms with Crippen LogP contribution >= 0.6 is 0 Å². The first-order chi connectivity index (χ1) is 11.0. The van der Waals surface area contributed by atoms with Crippen LogP contribution in [0.1, 0.15) is 24.5 Å². The van der Waals surface area contributed by atoms with Gasteiger partial charge < -0.3 is 15.2 Å². The van der Waals surface area contributed by atoms with E-state index in [1.165, 1.54) is 0 Å². The van der Waals surface area contributed by atoms with Gasteiger partial charge in [0.25, 0.3) is 5.56 Å². The molecule has 2 N–H and O–H groups in total. The molecule has 0 saturated carbocycles. The molecule has 1 unspecified atom stereocenters. The largest absolute Gasteiger partial charge is 0.378 e. The summed E-state index contributed by atoms with van der Waals surface area (Å²) in [6.45, 7) is 2.58. The van der Waals surface area contributed by atoms with Crippen molar-refractivity contribution in [3.63, 3.8) is 0 Å². The van der Waals surface area contributed by atoms with E-state index in [9.17, 15) is 4.79 Å². The van der Waals surface area contributed by atoms with E-state index in [0.29, 0.717) is 6.54 Å². The molecule has 0 spiro atoms. The minimum atomic E-state index is -0.0148. The topological polar surface area (TPSA) is 51.3 Å². The molecule has 23 heavy (non-hydrogen) atoms. The molecule has 2 aromatic rings. The average Bonchev–Trinajstić information content (AvgIpc) is 2.55. The lowest BCUT2D eigenvalue weighted by molar-refractivity contribution is 0.527. The van der Waals surface area contributed by atoms with Gasteiger partial charge in [0.15, 0.2) is 0 Å². The molecule has 0 saturated heterocycles. The molecule has 0 bridgehead atoms. The molecule has 0 aliphatic carbocycles. The fourth-order valence-corrected chi connectivity index (χ4v) is 2.24. The average molecular weight is 311 g/mol. The number of rotatable bonds is 6. The molecule has 1 heterocycles. The molecule has 4 heteroatoms. The second-order valence-corrected chi connectivity index (χ2v) is 5.94. The zero-order chi connectivity index (χ0) is 16.8. The molecule has 2 rings (SSSR count). The van der Waals surface area contributed by atoms with Gasteiger partial charge in [-0.1, -0.05) is 31.2 Å². The van der Waals surface area contributed by atoms with Crippen molar-refractivity contribution in [3.8, 4) is 0 Å². The van der Waals surface area contributed by atoms with Crippen molar-refractivity contribution in [3.05, 3.63) is 64.1 Å². The van der Waals surface area contributed by atoms with Crippen molar-refractivity contribution < 1.29 is 0 Å². The highest BCUT2D eigenvalue weighted by Crippen LogP contribution is 2.14. The molecule has 0 amide bonds. The van der Waals surface area contributed by atoms with Crippen LogP contribution in [0.5, 0.6) is 0 Å². The number of anilines is 1. The van der Waals surface area contributed by atoms with Crippen LogP contribution in [0.4, 0.5) is 5.69 Å². The minimum absolute atomic E-state index is 0.0148. The van der Waals surface area contributed by atoms with Gasteiger partial charge in [0.05, 0.1) is 0 Å². The van der Waals surface area contributed by atoms with Gasteiger partial charge in [-0.15, -0.1) is 0 Å². The van der Waals surface area contributed by atoms with Crippen LogP contribution in [-0.2, 0) is 6.54 Å². The highest BCUT2D eigenvalue weighted by molar-refractivity contribution is 5.70. The summed E-state index contributed by atoms with van der Waals surface area (Å²) < 4.78 is 1.66. The molecule has 0 aliphatic rings. The maximum absolute atomic E-state index is 12.1. The van der Waals surface area contributed by atoms with E-state index < -0.39 is 0 Å². The number of aromatic nitrogens is 1. The number of hydrogen-bond donors (Lipinski definition) is 1. The zero-order valence-corrected chi connectivity index (χ0v) is 14.1. The SMILES string of the molecule is CCC(N)Cn1ccc(/C=C/c2ccc(N(C)C)cc2)cc1=O. The smallest absolute Gasteiger partial charge is 0.251 e. The summed E-state index contributed by atoms with van der Waals surface area (Å²) in [4.78, 5) is 14.2. The van der Waals surface area contributed by atoms with E-state index in [0.717, 1.165) is 23.2 Å². The molecule has 4 nitrogen and oxygen atoms in total. The molecular weight excluding hydrogens is 286 g/mol. The van der Waals surface area contributed by atoms with E-state index >= 15 is 0 Å². The van der Waals surface area contributed by atoms with Gasteiger partial charge in [-0.2, -0.15) is 0 Å². The van der Waals surface area contributed by atoms with Crippen molar-refractivity contribution in [2.24, 2.45) is 5.73 Å². The monoisotopic (exact) mass is 311 g/mol. The van der Waals surface area contributed by atoms with Gasteiger partial charge in [0.1, 0.15) is 0 Å². The lowest BCUT2D eigenvalue weighted by atomic mass is 10.1. The highest BCUT2D eigenvalue weighted by atomic mass is 16.1. The highest BCUT2D eigenvalue weighted by Gasteiger charge is 2.02. The first-order valence-electron chi connectivity index (χ1n) is 7.91. The van der Waals surface area contributed by atoms with Crippen LogP contribution in [-0.4, -0.2) is 24.7 Å². The van der Waals surface area contributed by atoms with Gasteiger partial charge in [0, 0.05) is 44.6 Å². The van der Waals surface area contributed by atoms with Crippen molar-refractivity contribution in [1.29, 1.82) is 0 Å². The van der Waals surface area contributed by atoms with E-state index in [2.05, 4.69) is 29.2 Å². The Bertz CT molecular complexity index is 714. The second-order valence-electron chi connectivity index (χ2n) is 5.94. The van der Waals surface area contributed by atoms with E-state index in [1.54, 1.807) is 10.6 Å². The normalized spacial score (nSPS) is 12.5. The first-order valence-corrected chi connectivity index (χ1v) is 7.91. The Hall–Kier alpha value is -2.33. The van der Waals surface area contributed by atoms with Gasteiger partial charge in [0.2, 0.25) is 0 Å². The third-order valence-electron chi connectivity index (χ3n) is 3.85. The quantitative estimate of drug-likeness (QED) is 0.892. The lowest BCUT2D eigenvalue weighted by Crippen LogP contribution is -2.30. The van der Waals surface area contributed by atoms with Crippen molar-refractivity contribution in [1.82, 2.24) is 4.57 Å². The fraction of sp³-hybridized carbons (Fsp3) is 0.316. The lowest BCUT2D eigenvalue weighted by Gasteiger charge is -2.12. The number of pyridine rings is 1. The summed E-state index contributed by atoms with van der Waals surface area (Å²) in [6.07, 6.45) is 6.64. The molecule has 0 aliphatic heterocycles. The third kappa shape index (κ3) is 4.83. The summed E-state index contributed by atoms with van der Waals surface area (Å²) in [5, 5.41) is 0. The Labute approximate surface area is 137 Å². The molecule has 122 valence electrons. The molecule has 0 radical (unpaired) electrons. The standard InChI is InChI=1S/C19H25N3O/c1-4-17(20)14-22-12-11-16(13-19(22)23)6-5-15-7-9-18(10-8-15)21(2)3/h5-13,17H,4,14,20H2,1-3H3/b6-5+. The minimum Gasteiger partial charge on any atom is -0.378 e. The Balaban J connectivity index is 2.10. The Morgan fingerprint density at radius 2 is 1.78 bits per heavy atom. The van der Waals surface area contributed by atoms with Gasteiger partial charge in [-0.05, 0) is 35.7 Å². The molecule has 1 atom stereocenters. The number of benzene rings is 1. The van der Waals surface area contributed by atoms with Gasteiger partial charge >= 0.3 is 0 Å². The number of hydrogen-bond acceptors (Lipinski definition) is 3. The maximum atomic E-state index is 12.1. The van der Waals surface area contributed by atoms with Crippen LogP contribution < -0.4 is 16.2 Å². The number of nitrogens with two attached hydrogens (primary N) is 1. The van der Waals surface area contributed by atoms with Crippen LogP contribution in [0, 0.1) is 0 Å². The molecule has 0 fully saturated rings. The van der Waals surface area contributed by atoms with E-state index in [-0.39, 0.29) is 11.6 Å². The molecular formula is C19H25N3O. The Morgan fingerprint density at radius 1 is 1.13 bits per heavy atom.